The highest BCUT2D eigenvalue weighted by Gasteiger charge is 2.57. The lowest BCUT2D eigenvalue weighted by atomic mass is 9.47. The first-order valence-electron chi connectivity index (χ1n) is 12.5. The van der Waals surface area contributed by atoms with Crippen molar-refractivity contribution in [3.63, 3.8) is 0 Å². The normalized spacial score (nSPS) is 37.4. The van der Waals surface area contributed by atoms with Crippen LogP contribution in [-0.4, -0.2) is 25.7 Å². The Balaban J connectivity index is 1.27. The fourth-order valence-electron chi connectivity index (χ4n) is 8.20. The SMILES string of the molecule is C[C@]12CC[C@H](c3nccn3C(=O)O)CC1=CC[C@@H]1[C@@H]2CC[C@]2(C)C(c3cccnc3)=CC[C@@H]12. The van der Waals surface area contributed by atoms with Gasteiger partial charge < -0.3 is 5.11 Å². The van der Waals surface area contributed by atoms with Crippen LogP contribution in [0.2, 0.25) is 0 Å². The van der Waals surface area contributed by atoms with Gasteiger partial charge in [0, 0.05) is 30.7 Å². The van der Waals surface area contributed by atoms with E-state index < -0.39 is 6.09 Å². The van der Waals surface area contributed by atoms with Gasteiger partial charge in [0.15, 0.2) is 0 Å². The minimum Gasteiger partial charge on any atom is -0.464 e. The summed E-state index contributed by atoms with van der Waals surface area (Å²) in [7, 11) is 0. The Kier molecular flexibility index (Phi) is 4.69. The maximum atomic E-state index is 11.6. The van der Waals surface area contributed by atoms with Crippen LogP contribution in [0.4, 0.5) is 4.79 Å². The van der Waals surface area contributed by atoms with Crippen LogP contribution in [-0.2, 0) is 0 Å². The van der Waals surface area contributed by atoms with Crippen molar-refractivity contribution in [1.29, 1.82) is 0 Å². The number of hydrogen-bond donors (Lipinski definition) is 1. The van der Waals surface area contributed by atoms with Crippen molar-refractivity contribution in [2.45, 2.75) is 64.7 Å². The summed E-state index contributed by atoms with van der Waals surface area (Å²) in [6, 6.07) is 4.28. The third-order valence-electron chi connectivity index (χ3n) is 9.90. The summed E-state index contributed by atoms with van der Waals surface area (Å²) >= 11 is 0. The van der Waals surface area contributed by atoms with Crippen LogP contribution in [0.3, 0.4) is 0 Å². The second-order valence-corrected chi connectivity index (χ2v) is 11.2. The van der Waals surface area contributed by atoms with Crippen molar-refractivity contribution in [3.8, 4) is 0 Å². The highest BCUT2D eigenvalue weighted by atomic mass is 16.4. The molecule has 0 amide bonds. The molecule has 0 aromatic carbocycles. The summed E-state index contributed by atoms with van der Waals surface area (Å²) in [6.07, 6.45) is 19.2. The minimum absolute atomic E-state index is 0.200. The van der Waals surface area contributed by atoms with E-state index in [0.29, 0.717) is 11.7 Å². The highest BCUT2D eigenvalue weighted by Crippen LogP contribution is 2.66. The van der Waals surface area contributed by atoms with Crippen LogP contribution in [0.15, 0.2) is 54.6 Å². The summed E-state index contributed by atoms with van der Waals surface area (Å²) in [5, 5.41) is 9.54. The van der Waals surface area contributed by atoms with Gasteiger partial charge >= 0.3 is 6.09 Å². The Hall–Kier alpha value is -2.69. The molecule has 0 unspecified atom stereocenters. The molecule has 0 aliphatic heterocycles. The topological polar surface area (TPSA) is 68.0 Å². The number of carboxylic acid groups (broad SMARTS) is 1. The number of aromatic nitrogens is 3. The van der Waals surface area contributed by atoms with E-state index in [-0.39, 0.29) is 16.7 Å². The summed E-state index contributed by atoms with van der Waals surface area (Å²) < 4.78 is 1.32. The van der Waals surface area contributed by atoms with Crippen molar-refractivity contribution < 1.29 is 9.90 Å². The quantitative estimate of drug-likeness (QED) is 0.535. The average Bonchev–Trinajstić information content (AvgIpc) is 3.44. The van der Waals surface area contributed by atoms with E-state index >= 15 is 0 Å². The third-order valence-corrected chi connectivity index (χ3v) is 9.90. The van der Waals surface area contributed by atoms with Gasteiger partial charge in [-0.05, 0) is 90.7 Å². The molecule has 5 nitrogen and oxygen atoms in total. The van der Waals surface area contributed by atoms with E-state index in [4.69, 9.17) is 0 Å². The lowest BCUT2D eigenvalue weighted by molar-refractivity contribution is -0.0118. The smallest absolute Gasteiger partial charge is 0.417 e. The zero-order valence-electron chi connectivity index (χ0n) is 19.6. The van der Waals surface area contributed by atoms with Crippen LogP contribution in [0.1, 0.15) is 76.1 Å². The largest absolute Gasteiger partial charge is 0.464 e. The van der Waals surface area contributed by atoms with Gasteiger partial charge in [-0.3, -0.25) is 4.98 Å². The van der Waals surface area contributed by atoms with Crippen LogP contribution in [0.25, 0.3) is 5.57 Å². The average molecular weight is 444 g/mol. The molecule has 2 aromatic heterocycles. The van der Waals surface area contributed by atoms with Crippen molar-refractivity contribution in [1.82, 2.24) is 14.5 Å². The third kappa shape index (κ3) is 3.00. The van der Waals surface area contributed by atoms with Crippen LogP contribution >= 0.6 is 0 Å². The maximum absolute atomic E-state index is 11.6. The molecule has 33 heavy (non-hydrogen) atoms. The Morgan fingerprint density at radius 3 is 2.73 bits per heavy atom. The van der Waals surface area contributed by atoms with Gasteiger partial charge in [0.05, 0.1) is 0 Å². The van der Waals surface area contributed by atoms with Gasteiger partial charge in [-0.2, -0.15) is 0 Å². The summed E-state index contributed by atoms with van der Waals surface area (Å²) in [5.41, 5.74) is 4.85. The second kappa shape index (κ2) is 7.41. The molecule has 2 saturated carbocycles. The molecular weight excluding hydrogens is 410 g/mol. The minimum atomic E-state index is -0.932. The zero-order valence-corrected chi connectivity index (χ0v) is 19.6. The molecule has 5 heteroatoms. The van der Waals surface area contributed by atoms with Gasteiger partial charge in [-0.1, -0.05) is 37.6 Å². The lowest BCUT2D eigenvalue weighted by Gasteiger charge is -2.58. The first-order chi connectivity index (χ1) is 15.9. The number of allylic oxidation sites excluding steroid dienone is 4. The number of imidazole rings is 1. The summed E-state index contributed by atoms with van der Waals surface area (Å²) in [5.74, 6) is 3.05. The van der Waals surface area contributed by atoms with Gasteiger partial charge in [-0.15, -0.1) is 0 Å². The van der Waals surface area contributed by atoms with E-state index in [0.717, 1.165) is 37.5 Å². The van der Waals surface area contributed by atoms with Gasteiger partial charge in [0.2, 0.25) is 0 Å². The first kappa shape index (κ1) is 20.9. The number of carbonyl (C=O) groups is 1. The van der Waals surface area contributed by atoms with E-state index in [1.807, 2.05) is 12.4 Å². The van der Waals surface area contributed by atoms with E-state index in [1.54, 1.807) is 18.0 Å². The molecule has 4 aliphatic rings. The Morgan fingerprint density at radius 1 is 1.09 bits per heavy atom. The molecule has 0 radical (unpaired) electrons. The van der Waals surface area contributed by atoms with Crippen molar-refractivity contribution in [2.75, 3.05) is 0 Å². The fraction of sp³-hybridized carbons (Fsp3) is 0.536. The van der Waals surface area contributed by atoms with Gasteiger partial charge in [0.1, 0.15) is 5.82 Å². The van der Waals surface area contributed by atoms with Crippen molar-refractivity contribution in [2.24, 2.45) is 28.6 Å². The number of hydrogen-bond acceptors (Lipinski definition) is 3. The molecule has 0 bridgehead atoms. The molecule has 6 rings (SSSR count). The lowest BCUT2D eigenvalue weighted by Crippen LogP contribution is -2.49. The number of nitrogens with zero attached hydrogens (tertiary/aromatic N) is 3. The van der Waals surface area contributed by atoms with E-state index in [9.17, 15) is 9.90 Å². The van der Waals surface area contributed by atoms with Crippen molar-refractivity contribution >= 4 is 11.7 Å². The van der Waals surface area contributed by atoms with E-state index in [2.05, 4.69) is 48.1 Å². The van der Waals surface area contributed by atoms with Crippen LogP contribution in [0.5, 0.6) is 0 Å². The number of fused-ring (bicyclic) bond motifs is 5. The Bertz CT molecular complexity index is 1150. The van der Waals surface area contributed by atoms with Crippen LogP contribution < -0.4 is 0 Å². The maximum Gasteiger partial charge on any atom is 0.417 e. The Morgan fingerprint density at radius 2 is 1.94 bits per heavy atom. The van der Waals surface area contributed by atoms with Gasteiger partial charge in [-0.25, -0.2) is 14.3 Å². The number of rotatable bonds is 2. The molecule has 1 N–H and O–H groups in total. The number of pyridine rings is 1. The zero-order chi connectivity index (χ0) is 22.8. The van der Waals surface area contributed by atoms with Crippen LogP contribution in [0, 0.1) is 28.6 Å². The summed E-state index contributed by atoms with van der Waals surface area (Å²) in [6.45, 7) is 5.01. The molecule has 0 spiro atoms. The first-order valence-corrected chi connectivity index (χ1v) is 12.5. The van der Waals surface area contributed by atoms with Crippen molar-refractivity contribution in [3.05, 3.63) is 66.0 Å². The predicted octanol–water partition coefficient (Wildman–Crippen LogP) is 6.54. The molecule has 0 saturated heterocycles. The Labute approximate surface area is 195 Å². The predicted molar refractivity (Wildman–Crippen MR) is 128 cm³/mol. The molecule has 4 aliphatic carbocycles. The van der Waals surface area contributed by atoms with Gasteiger partial charge in [0.25, 0.3) is 0 Å². The second-order valence-electron chi connectivity index (χ2n) is 11.2. The summed E-state index contributed by atoms with van der Waals surface area (Å²) in [4.78, 5) is 20.5. The molecule has 2 heterocycles. The molecular formula is C28H33N3O2. The molecule has 2 fully saturated rings. The monoisotopic (exact) mass is 443 g/mol. The van der Waals surface area contributed by atoms with E-state index in [1.165, 1.54) is 35.0 Å². The highest BCUT2D eigenvalue weighted by molar-refractivity contribution is 5.72. The molecule has 2 aromatic rings. The molecule has 172 valence electrons. The molecule has 6 atom stereocenters. The fourth-order valence-corrected chi connectivity index (χ4v) is 8.20. The standard InChI is InChI=1S/C28H33N3O2/c1-27-11-9-18(25-30-14-15-31(25)26(32)33)16-20(27)5-6-21-23-8-7-22(19-4-3-13-29-17-19)28(23,2)12-10-24(21)27/h3-5,7,13-15,17-18,21,23-24H,6,8-12,16H2,1-2H3,(H,32,33)/t18-,21-,23-,24-,27-,28+/m0/s1.